The molecule has 0 saturated carbocycles. The first-order valence-electron chi connectivity index (χ1n) is 5.49. The minimum absolute atomic E-state index is 0.789. The van der Waals surface area contributed by atoms with Gasteiger partial charge in [-0.15, -0.1) is 11.3 Å². The lowest BCUT2D eigenvalue weighted by Gasteiger charge is -1.99. The van der Waals surface area contributed by atoms with Crippen molar-refractivity contribution < 1.29 is 5.21 Å². The number of aryl methyl sites for hydroxylation is 1. The Morgan fingerprint density at radius 3 is 2.83 bits per heavy atom. The molecule has 0 fully saturated rings. The lowest BCUT2D eigenvalue weighted by atomic mass is 10.1. The fourth-order valence-corrected chi connectivity index (χ4v) is 2.63. The Bertz CT molecular complexity index is 709. The van der Waals surface area contributed by atoms with E-state index in [0.717, 1.165) is 21.9 Å². The van der Waals surface area contributed by atoms with Crippen molar-refractivity contribution in [2.75, 3.05) is 0 Å². The molecular weight excluding hydrogens is 246 g/mol. The van der Waals surface area contributed by atoms with Gasteiger partial charge in [-0.1, -0.05) is 35.0 Å². The Labute approximate surface area is 108 Å². The molecule has 3 aromatic rings. The average molecular weight is 257 g/mol. The smallest absolute Gasteiger partial charge is 0.194 e. The van der Waals surface area contributed by atoms with Crippen LogP contribution in [-0.4, -0.2) is 20.8 Å². The molecule has 0 bridgehead atoms. The standard InChI is InChI=1S/C13H11N3OS/c1-9-2-4-10(5-3-9)12-11(8-14-17)16-6-7-18-13(16)15-12/h2-8,17H,1H3/b14-8-. The van der Waals surface area contributed by atoms with Crippen molar-refractivity contribution in [3.63, 3.8) is 0 Å². The van der Waals surface area contributed by atoms with E-state index in [1.165, 1.54) is 11.8 Å². The first-order chi connectivity index (χ1) is 8.79. The van der Waals surface area contributed by atoms with Gasteiger partial charge in [0.05, 0.1) is 17.6 Å². The molecule has 5 heteroatoms. The molecular formula is C13H11N3OS. The maximum atomic E-state index is 8.78. The highest BCUT2D eigenvalue weighted by molar-refractivity contribution is 7.15. The number of thiazole rings is 1. The van der Waals surface area contributed by atoms with Gasteiger partial charge < -0.3 is 5.21 Å². The molecule has 0 spiro atoms. The quantitative estimate of drug-likeness (QED) is 0.435. The van der Waals surface area contributed by atoms with Crippen molar-refractivity contribution in [2.45, 2.75) is 6.92 Å². The molecule has 3 rings (SSSR count). The van der Waals surface area contributed by atoms with Crippen LogP contribution < -0.4 is 0 Å². The predicted molar refractivity (Wildman–Crippen MR) is 72.6 cm³/mol. The van der Waals surface area contributed by atoms with E-state index < -0.39 is 0 Å². The summed E-state index contributed by atoms with van der Waals surface area (Å²) < 4.78 is 1.92. The topological polar surface area (TPSA) is 49.9 Å². The van der Waals surface area contributed by atoms with E-state index >= 15 is 0 Å². The molecule has 0 unspecified atom stereocenters. The van der Waals surface area contributed by atoms with Gasteiger partial charge in [0, 0.05) is 17.1 Å². The van der Waals surface area contributed by atoms with Gasteiger partial charge in [-0.2, -0.15) is 0 Å². The highest BCUT2D eigenvalue weighted by atomic mass is 32.1. The summed E-state index contributed by atoms with van der Waals surface area (Å²) in [7, 11) is 0. The van der Waals surface area contributed by atoms with Crippen LogP contribution in [0.3, 0.4) is 0 Å². The predicted octanol–water partition coefficient (Wildman–Crippen LogP) is 3.18. The second kappa shape index (κ2) is 4.27. The maximum Gasteiger partial charge on any atom is 0.194 e. The molecule has 2 heterocycles. The van der Waals surface area contributed by atoms with Crippen LogP contribution in [0.4, 0.5) is 0 Å². The summed E-state index contributed by atoms with van der Waals surface area (Å²) in [6, 6.07) is 8.14. The third kappa shape index (κ3) is 1.69. The minimum atomic E-state index is 0.789. The molecule has 0 amide bonds. The van der Waals surface area contributed by atoms with Crippen LogP contribution in [-0.2, 0) is 0 Å². The van der Waals surface area contributed by atoms with Crippen LogP contribution >= 0.6 is 11.3 Å². The number of benzene rings is 1. The van der Waals surface area contributed by atoms with Gasteiger partial charge in [0.15, 0.2) is 4.96 Å². The molecule has 0 aliphatic heterocycles. The van der Waals surface area contributed by atoms with Crippen LogP contribution in [0.2, 0.25) is 0 Å². The molecule has 4 nitrogen and oxygen atoms in total. The molecule has 0 saturated heterocycles. The van der Waals surface area contributed by atoms with Crippen LogP contribution in [0.15, 0.2) is 41.0 Å². The van der Waals surface area contributed by atoms with Crippen LogP contribution in [0.1, 0.15) is 11.3 Å². The van der Waals surface area contributed by atoms with E-state index in [1.807, 2.05) is 47.2 Å². The van der Waals surface area contributed by atoms with E-state index in [4.69, 9.17) is 5.21 Å². The third-order valence-corrected chi connectivity index (χ3v) is 3.56. The zero-order chi connectivity index (χ0) is 12.5. The lowest BCUT2D eigenvalue weighted by molar-refractivity contribution is 0.321. The van der Waals surface area contributed by atoms with E-state index in [1.54, 1.807) is 11.3 Å². The number of nitrogens with zero attached hydrogens (tertiary/aromatic N) is 3. The maximum absolute atomic E-state index is 8.78. The Balaban J connectivity index is 2.24. The highest BCUT2D eigenvalue weighted by Crippen LogP contribution is 2.25. The summed E-state index contributed by atoms with van der Waals surface area (Å²) in [4.78, 5) is 5.46. The molecule has 2 aromatic heterocycles. The Morgan fingerprint density at radius 1 is 1.33 bits per heavy atom. The van der Waals surface area contributed by atoms with Crippen molar-refractivity contribution in [1.29, 1.82) is 0 Å². The summed E-state index contributed by atoms with van der Waals surface area (Å²) in [5.74, 6) is 0. The Morgan fingerprint density at radius 2 is 2.11 bits per heavy atom. The molecule has 18 heavy (non-hydrogen) atoms. The molecule has 0 radical (unpaired) electrons. The number of hydrogen-bond acceptors (Lipinski definition) is 4. The Hall–Kier alpha value is -2.14. The first kappa shape index (κ1) is 11.0. The summed E-state index contributed by atoms with van der Waals surface area (Å²) >= 11 is 1.55. The van der Waals surface area contributed by atoms with Crippen molar-refractivity contribution in [2.24, 2.45) is 5.16 Å². The molecule has 0 aliphatic rings. The number of hydrogen-bond donors (Lipinski definition) is 1. The van der Waals surface area contributed by atoms with Crippen molar-refractivity contribution in [3.8, 4) is 11.3 Å². The molecule has 0 aliphatic carbocycles. The van der Waals surface area contributed by atoms with E-state index in [9.17, 15) is 0 Å². The fraction of sp³-hybridized carbons (Fsp3) is 0.0769. The van der Waals surface area contributed by atoms with Gasteiger partial charge in [0.2, 0.25) is 0 Å². The van der Waals surface area contributed by atoms with Gasteiger partial charge in [0.25, 0.3) is 0 Å². The summed E-state index contributed by atoms with van der Waals surface area (Å²) in [6.07, 6.45) is 3.34. The molecule has 0 atom stereocenters. The van der Waals surface area contributed by atoms with Crippen molar-refractivity contribution in [3.05, 3.63) is 47.1 Å². The SMILES string of the molecule is Cc1ccc(-c2nc3sccn3c2/C=N\O)cc1. The number of imidazole rings is 1. The normalized spacial score (nSPS) is 11.6. The summed E-state index contributed by atoms with van der Waals surface area (Å²) in [5.41, 5.74) is 3.85. The second-order valence-electron chi connectivity index (χ2n) is 4.01. The average Bonchev–Trinajstić information content (AvgIpc) is 2.93. The van der Waals surface area contributed by atoms with Crippen LogP contribution in [0.25, 0.3) is 16.2 Å². The van der Waals surface area contributed by atoms with Gasteiger partial charge in [-0.25, -0.2) is 4.98 Å². The van der Waals surface area contributed by atoms with Gasteiger partial charge in [-0.05, 0) is 6.92 Å². The number of rotatable bonds is 2. The molecule has 1 N–H and O–H groups in total. The third-order valence-electron chi connectivity index (χ3n) is 2.80. The minimum Gasteiger partial charge on any atom is -0.411 e. The van der Waals surface area contributed by atoms with E-state index in [-0.39, 0.29) is 0 Å². The van der Waals surface area contributed by atoms with Crippen molar-refractivity contribution >= 4 is 22.5 Å². The Kier molecular flexibility index (Phi) is 2.60. The van der Waals surface area contributed by atoms with Gasteiger partial charge >= 0.3 is 0 Å². The van der Waals surface area contributed by atoms with Gasteiger partial charge in [0.1, 0.15) is 0 Å². The zero-order valence-corrected chi connectivity index (χ0v) is 10.6. The summed E-state index contributed by atoms with van der Waals surface area (Å²) in [6.45, 7) is 2.05. The zero-order valence-electron chi connectivity index (χ0n) is 9.74. The monoisotopic (exact) mass is 257 g/mol. The number of oxime groups is 1. The van der Waals surface area contributed by atoms with E-state index in [0.29, 0.717) is 0 Å². The molecule has 1 aromatic carbocycles. The number of fused-ring (bicyclic) bond motifs is 1. The van der Waals surface area contributed by atoms with Gasteiger partial charge in [-0.3, -0.25) is 4.40 Å². The van der Waals surface area contributed by atoms with Crippen molar-refractivity contribution in [1.82, 2.24) is 9.38 Å². The fourth-order valence-electron chi connectivity index (χ4n) is 1.91. The first-order valence-corrected chi connectivity index (χ1v) is 6.37. The lowest BCUT2D eigenvalue weighted by Crippen LogP contribution is -1.91. The van der Waals surface area contributed by atoms with Crippen LogP contribution in [0.5, 0.6) is 0 Å². The largest absolute Gasteiger partial charge is 0.411 e. The van der Waals surface area contributed by atoms with E-state index in [2.05, 4.69) is 10.1 Å². The van der Waals surface area contributed by atoms with Crippen LogP contribution in [0, 0.1) is 6.92 Å². The highest BCUT2D eigenvalue weighted by Gasteiger charge is 2.13. The molecule has 90 valence electrons. The number of aromatic nitrogens is 2. The second-order valence-corrected chi connectivity index (χ2v) is 4.88. The summed E-state index contributed by atoms with van der Waals surface area (Å²) in [5, 5.41) is 13.9.